The van der Waals surface area contributed by atoms with E-state index in [0.29, 0.717) is 23.5 Å². The Morgan fingerprint density at radius 2 is 1.83 bits per heavy atom. The van der Waals surface area contributed by atoms with Crippen LogP contribution in [0.15, 0.2) is 54.9 Å². The van der Waals surface area contributed by atoms with Gasteiger partial charge in [-0.15, -0.1) is 0 Å². The molecule has 2 aliphatic heterocycles. The van der Waals surface area contributed by atoms with Crippen molar-refractivity contribution in [1.82, 2.24) is 19.9 Å². The number of benzene rings is 1. The van der Waals surface area contributed by atoms with Gasteiger partial charge in [-0.3, -0.25) is 9.88 Å². The maximum Gasteiger partial charge on any atom is 0.163 e. The lowest BCUT2D eigenvalue weighted by Gasteiger charge is -2.28. The third-order valence-electron chi connectivity index (χ3n) is 5.78. The minimum Gasteiger partial charge on any atom is -0.378 e. The lowest BCUT2D eigenvalue weighted by Crippen LogP contribution is -2.45. The molecule has 2 atom stereocenters. The highest BCUT2D eigenvalue weighted by Gasteiger charge is 2.34. The van der Waals surface area contributed by atoms with Gasteiger partial charge >= 0.3 is 0 Å². The molecule has 2 saturated heterocycles. The molecule has 2 aliphatic rings. The number of nitrogens with zero attached hydrogens (tertiary/aromatic N) is 4. The third kappa shape index (κ3) is 4.17. The molecule has 6 nitrogen and oxygen atoms in total. The molecular formula is C23H24ClN5O. The van der Waals surface area contributed by atoms with Gasteiger partial charge in [0.2, 0.25) is 0 Å². The number of aromatic nitrogens is 3. The van der Waals surface area contributed by atoms with Crippen molar-refractivity contribution >= 4 is 17.4 Å². The Hall–Kier alpha value is -2.54. The van der Waals surface area contributed by atoms with Crippen LogP contribution >= 0.6 is 11.6 Å². The van der Waals surface area contributed by atoms with Gasteiger partial charge < -0.3 is 10.1 Å². The first-order valence-corrected chi connectivity index (χ1v) is 10.8. The van der Waals surface area contributed by atoms with Crippen LogP contribution in [0.3, 0.4) is 0 Å². The van der Waals surface area contributed by atoms with Gasteiger partial charge in [-0.2, -0.15) is 0 Å². The Bertz CT molecular complexity index is 992. The first-order valence-electron chi connectivity index (χ1n) is 10.4. The van der Waals surface area contributed by atoms with Gasteiger partial charge in [0.05, 0.1) is 31.0 Å². The lowest BCUT2D eigenvalue weighted by molar-refractivity contribution is 0.159. The van der Waals surface area contributed by atoms with Crippen LogP contribution in [-0.4, -0.2) is 58.2 Å². The number of ether oxygens (including phenoxy) is 1. The summed E-state index contributed by atoms with van der Waals surface area (Å²) in [4.78, 5) is 16.4. The molecule has 0 aliphatic carbocycles. The molecule has 0 bridgehead atoms. The number of likely N-dealkylation sites (tertiary alicyclic amines) is 1. The maximum absolute atomic E-state index is 6.08. The average Bonchev–Trinajstić information content (AvgIpc) is 3.46. The van der Waals surface area contributed by atoms with E-state index >= 15 is 0 Å². The maximum atomic E-state index is 6.08. The van der Waals surface area contributed by atoms with Crippen molar-refractivity contribution in [3.05, 3.63) is 59.9 Å². The summed E-state index contributed by atoms with van der Waals surface area (Å²) >= 11 is 6.08. The van der Waals surface area contributed by atoms with E-state index in [0.717, 1.165) is 42.3 Å². The predicted octanol–water partition coefficient (Wildman–Crippen LogP) is 4.13. The van der Waals surface area contributed by atoms with Crippen LogP contribution in [0.1, 0.15) is 12.8 Å². The minimum atomic E-state index is 0.206. The molecule has 30 heavy (non-hydrogen) atoms. The standard InChI is InChI=1S/C23H24ClN5O/c24-18-7-5-16(6-8-18)19-12-22(28-23(27-19)17-4-3-9-25-13-17)26-20-14-30-15-21(20)29-10-1-2-11-29/h3-9,12-13,20-21H,1-2,10-11,14-15H2,(H,26,27,28). The Labute approximate surface area is 181 Å². The summed E-state index contributed by atoms with van der Waals surface area (Å²) in [6.45, 7) is 3.74. The highest BCUT2D eigenvalue weighted by molar-refractivity contribution is 6.30. The molecule has 0 amide bonds. The molecule has 2 aromatic heterocycles. The van der Waals surface area contributed by atoms with Crippen molar-refractivity contribution in [1.29, 1.82) is 0 Å². The molecule has 2 fully saturated rings. The number of nitrogens with one attached hydrogen (secondary N) is 1. The van der Waals surface area contributed by atoms with E-state index in [4.69, 9.17) is 26.3 Å². The molecular weight excluding hydrogens is 398 g/mol. The second kappa shape index (κ2) is 8.68. The third-order valence-corrected chi connectivity index (χ3v) is 6.03. The lowest BCUT2D eigenvalue weighted by atomic mass is 10.1. The topological polar surface area (TPSA) is 63.2 Å². The molecule has 154 valence electrons. The first-order chi connectivity index (χ1) is 14.8. The summed E-state index contributed by atoms with van der Waals surface area (Å²) in [6.07, 6.45) is 6.07. The van der Waals surface area contributed by atoms with Crippen LogP contribution in [0.25, 0.3) is 22.6 Å². The Morgan fingerprint density at radius 3 is 2.60 bits per heavy atom. The van der Waals surface area contributed by atoms with E-state index in [9.17, 15) is 0 Å². The summed E-state index contributed by atoms with van der Waals surface area (Å²) < 4.78 is 5.83. The number of hydrogen-bond acceptors (Lipinski definition) is 6. The molecule has 0 radical (unpaired) electrons. The average molecular weight is 422 g/mol. The Kier molecular flexibility index (Phi) is 5.62. The van der Waals surface area contributed by atoms with Gasteiger partial charge in [-0.1, -0.05) is 23.7 Å². The minimum absolute atomic E-state index is 0.206. The van der Waals surface area contributed by atoms with Gasteiger partial charge in [0.1, 0.15) is 5.82 Å². The zero-order valence-corrected chi connectivity index (χ0v) is 17.4. The highest BCUT2D eigenvalue weighted by Crippen LogP contribution is 2.27. The van der Waals surface area contributed by atoms with Gasteiger partial charge in [0.25, 0.3) is 0 Å². The smallest absolute Gasteiger partial charge is 0.163 e. The number of hydrogen-bond donors (Lipinski definition) is 1. The second-order valence-electron chi connectivity index (χ2n) is 7.81. The molecule has 7 heteroatoms. The van der Waals surface area contributed by atoms with E-state index in [2.05, 4.69) is 15.2 Å². The van der Waals surface area contributed by atoms with Crippen LogP contribution in [0, 0.1) is 0 Å². The number of anilines is 1. The second-order valence-corrected chi connectivity index (χ2v) is 8.25. The normalized spacial score (nSPS) is 21.8. The molecule has 5 rings (SSSR count). The predicted molar refractivity (Wildman–Crippen MR) is 119 cm³/mol. The summed E-state index contributed by atoms with van der Waals surface area (Å²) in [7, 11) is 0. The van der Waals surface area contributed by atoms with Crippen molar-refractivity contribution in [3.8, 4) is 22.6 Å². The quantitative estimate of drug-likeness (QED) is 0.668. The summed E-state index contributed by atoms with van der Waals surface area (Å²) in [5, 5.41) is 4.34. The van der Waals surface area contributed by atoms with E-state index in [1.165, 1.54) is 12.8 Å². The van der Waals surface area contributed by atoms with Crippen LogP contribution in [-0.2, 0) is 4.74 Å². The Balaban J connectivity index is 1.49. The van der Waals surface area contributed by atoms with Gasteiger partial charge in [-0.25, -0.2) is 9.97 Å². The molecule has 4 heterocycles. The zero-order chi connectivity index (χ0) is 20.3. The largest absolute Gasteiger partial charge is 0.378 e. The SMILES string of the molecule is Clc1ccc(-c2cc(NC3COCC3N3CCCC3)nc(-c3cccnc3)n2)cc1. The molecule has 3 aromatic rings. The molecule has 2 unspecified atom stereocenters. The van der Waals surface area contributed by atoms with Crippen molar-refractivity contribution in [2.24, 2.45) is 0 Å². The van der Waals surface area contributed by atoms with Crippen LogP contribution in [0.4, 0.5) is 5.82 Å². The van der Waals surface area contributed by atoms with E-state index < -0.39 is 0 Å². The van der Waals surface area contributed by atoms with Gasteiger partial charge in [0, 0.05) is 34.6 Å². The fourth-order valence-corrected chi connectivity index (χ4v) is 4.34. The van der Waals surface area contributed by atoms with Gasteiger partial charge in [-0.05, 0) is 50.2 Å². The molecule has 1 aromatic carbocycles. The summed E-state index contributed by atoms with van der Waals surface area (Å²) in [6, 6.07) is 14.2. The zero-order valence-electron chi connectivity index (χ0n) is 16.7. The fraction of sp³-hybridized carbons (Fsp3) is 0.348. The molecule has 1 N–H and O–H groups in total. The molecule has 0 saturated carbocycles. The summed E-state index contributed by atoms with van der Waals surface area (Å²) in [5.74, 6) is 1.45. The number of rotatable bonds is 5. The van der Waals surface area contributed by atoms with Crippen molar-refractivity contribution in [2.75, 3.05) is 31.6 Å². The first kappa shape index (κ1) is 19.4. The number of pyridine rings is 1. The summed E-state index contributed by atoms with van der Waals surface area (Å²) in [5.41, 5.74) is 2.73. The van der Waals surface area contributed by atoms with Gasteiger partial charge in [0.15, 0.2) is 5.82 Å². The molecule has 0 spiro atoms. The van der Waals surface area contributed by atoms with Crippen molar-refractivity contribution < 1.29 is 4.74 Å². The van der Waals surface area contributed by atoms with E-state index in [1.54, 1.807) is 12.4 Å². The van der Waals surface area contributed by atoms with E-state index in [1.807, 2.05) is 42.5 Å². The van der Waals surface area contributed by atoms with E-state index in [-0.39, 0.29) is 6.04 Å². The highest BCUT2D eigenvalue weighted by atomic mass is 35.5. The van der Waals surface area contributed by atoms with Crippen molar-refractivity contribution in [2.45, 2.75) is 24.9 Å². The van der Waals surface area contributed by atoms with Crippen molar-refractivity contribution in [3.63, 3.8) is 0 Å². The van der Waals surface area contributed by atoms with Crippen LogP contribution in [0.5, 0.6) is 0 Å². The number of halogens is 1. The van der Waals surface area contributed by atoms with Crippen LogP contribution in [0.2, 0.25) is 5.02 Å². The van der Waals surface area contributed by atoms with Crippen LogP contribution < -0.4 is 5.32 Å². The fourth-order valence-electron chi connectivity index (χ4n) is 4.22. The monoisotopic (exact) mass is 421 g/mol. The Morgan fingerprint density at radius 1 is 1.00 bits per heavy atom.